The molecule has 1 amide bonds. The standard InChI is InChI=1S/C18H23N3O2/c1-10(14-8-11-3-4-12(14)7-11)20-17(22)15-9-21(2)18(23)16-13(15)5-6-19-16/h5-6,9-12,14,19H,3-4,7-8H2,1-2H3,(H,20,22). The monoisotopic (exact) mass is 313 g/mol. The summed E-state index contributed by atoms with van der Waals surface area (Å²) in [5.41, 5.74) is 0.953. The van der Waals surface area contributed by atoms with Crippen LogP contribution in [0.3, 0.4) is 0 Å². The van der Waals surface area contributed by atoms with Gasteiger partial charge in [0.2, 0.25) is 0 Å². The van der Waals surface area contributed by atoms with Crippen LogP contribution in [0, 0.1) is 17.8 Å². The maximum atomic E-state index is 12.8. The Morgan fingerprint density at radius 3 is 2.91 bits per heavy atom. The molecule has 4 atom stereocenters. The summed E-state index contributed by atoms with van der Waals surface area (Å²) in [6.45, 7) is 2.12. The van der Waals surface area contributed by atoms with E-state index >= 15 is 0 Å². The molecule has 2 aromatic rings. The quantitative estimate of drug-likeness (QED) is 0.914. The molecule has 23 heavy (non-hydrogen) atoms. The van der Waals surface area contributed by atoms with Crippen LogP contribution in [0.2, 0.25) is 0 Å². The van der Waals surface area contributed by atoms with Crippen LogP contribution in [-0.2, 0) is 7.05 Å². The first-order valence-corrected chi connectivity index (χ1v) is 8.52. The molecule has 4 rings (SSSR count). The minimum atomic E-state index is -0.109. The van der Waals surface area contributed by atoms with Gasteiger partial charge in [-0.15, -0.1) is 0 Å². The van der Waals surface area contributed by atoms with Crippen molar-refractivity contribution in [3.05, 3.63) is 34.4 Å². The number of hydrogen-bond acceptors (Lipinski definition) is 2. The van der Waals surface area contributed by atoms with Crippen LogP contribution in [0.5, 0.6) is 0 Å². The average Bonchev–Trinajstić information content (AvgIpc) is 3.25. The fourth-order valence-electron chi connectivity index (χ4n) is 4.75. The number of aromatic nitrogens is 2. The number of carbonyl (C=O) groups is 1. The Kier molecular flexibility index (Phi) is 3.32. The summed E-state index contributed by atoms with van der Waals surface area (Å²) >= 11 is 0. The van der Waals surface area contributed by atoms with Crippen LogP contribution in [-0.4, -0.2) is 21.5 Å². The van der Waals surface area contributed by atoms with Crippen LogP contribution in [0.1, 0.15) is 43.0 Å². The van der Waals surface area contributed by atoms with Crippen molar-refractivity contribution in [1.82, 2.24) is 14.9 Å². The average molecular weight is 313 g/mol. The summed E-state index contributed by atoms with van der Waals surface area (Å²) in [6, 6.07) is 1.98. The van der Waals surface area contributed by atoms with Crippen molar-refractivity contribution in [1.29, 1.82) is 0 Å². The van der Waals surface area contributed by atoms with Crippen molar-refractivity contribution in [2.45, 2.75) is 38.6 Å². The molecule has 0 saturated heterocycles. The van der Waals surface area contributed by atoms with Gasteiger partial charge in [-0.1, -0.05) is 6.42 Å². The van der Waals surface area contributed by atoms with Crippen molar-refractivity contribution < 1.29 is 4.79 Å². The molecule has 2 aliphatic rings. The van der Waals surface area contributed by atoms with Crippen molar-refractivity contribution in [3.8, 4) is 0 Å². The van der Waals surface area contributed by atoms with Gasteiger partial charge in [-0.2, -0.15) is 0 Å². The van der Waals surface area contributed by atoms with E-state index in [1.54, 1.807) is 25.5 Å². The van der Waals surface area contributed by atoms with E-state index in [-0.39, 0.29) is 17.5 Å². The zero-order valence-electron chi connectivity index (χ0n) is 13.6. The van der Waals surface area contributed by atoms with Gasteiger partial charge in [-0.25, -0.2) is 0 Å². The van der Waals surface area contributed by atoms with E-state index in [0.29, 0.717) is 22.4 Å². The molecule has 2 aliphatic carbocycles. The second kappa shape index (κ2) is 5.25. The predicted octanol–water partition coefficient (Wildman–Crippen LogP) is 2.42. The van der Waals surface area contributed by atoms with Crippen molar-refractivity contribution in [2.75, 3.05) is 0 Å². The summed E-state index contributed by atoms with van der Waals surface area (Å²) in [7, 11) is 1.68. The molecule has 2 saturated carbocycles. The van der Waals surface area contributed by atoms with Crippen LogP contribution in [0.25, 0.3) is 10.9 Å². The van der Waals surface area contributed by atoms with Crippen LogP contribution in [0.4, 0.5) is 0 Å². The molecule has 122 valence electrons. The van der Waals surface area contributed by atoms with E-state index in [9.17, 15) is 9.59 Å². The SMILES string of the molecule is CC(NC(=O)c1cn(C)c(=O)c2[nH]ccc12)C1CC2CCC1C2. The third kappa shape index (κ3) is 2.30. The number of nitrogens with one attached hydrogen (secondary N) is 2. The Balaban J connectivity index is 1.59. The molecule has 5 heteroatoms. The van der Waals surface area contributed by atoms with Crippen molar-refractivity contribution >= 4 is 16.8 Å². The number of amides is 1. The molecule has 2 fully saturated rings. The van der Waals surface area contributed by atoms with Gasteiger partial charge in [0, 0.05) is 30.9 Å². The Hall–Kier alpha value is -2.04. The van der Waals surface area contributed by atoms with Gasteiger partial charge in [-0.05, 0) is 50.0 Å². The lowest BCUT2D eigenvalue weighted by Crippen LogP contribution is -2.40. The minimum Gasteiger partial charge on any atom is -0.357 e. The molecule has 0 aliphatic heterocycles. The molecule has 0 radical (unpaired) electrons. The maximum Gasteiger partial charge on any atom is 0.274 e. The number of hydrogen-bond donors (Lipinski definition) is 2. The first-order chi connectivity index (χ1) is 11.0. The van der Waals surface area contributed by atoms with Gasteiger partial charge in [0.15, 0.2) is 0 Å². The van der Waals surface area contributed by atoms with E-state index in [1.165, 1.54) is 30.3 Å². The summed E-state index contributed by atoms with van der Waals surface area (Å²) in [6.07, 6.45) is 8.62. The molecule has 2 aromatic heterocycles. The minimum absolute atomic E-state index is 0.0829. The number of pyridine rings is 1. The Labute approximate surface area is 135 Å². The number of carbonyl (C=O) groups excluding carboxylic acids is 1. The van der Waals surface area contributed by atoms with Crippen LogP contribution in [0.15, 0.2) is 23.3 Å². The highest BCUT2D eigenvalue weighted by Crippen LogP contribution is 2.49. The summed E-state index contributed by atoms with van der Waals surface area (Å²) in [5.74, 6) is 2.17. The Morgan fingerprint density at radius 2 is 2.22 bits per heavy atom. The van der Waals surface area contributed by atoms with Gasteiger partial charge in [0.05, 0.1) is 5.56 Å². The van der Waals surface area contributed by atoms with Crippen molar-refractivity contribution in [2.24, 2.45) is 24.8 Å². The van der Waals surface area contributed by atoms with Gasteiger partial charge < -0.3 is 14.9 Å². The highest BCUT2D eigenvalue weighted by atomic mass is 16.2. The molecule has 0 spiro atoms. The molecule has 0 aromatic carbocycles. The van der Waals surface area contributed by atoms with E-state index in [1.807, 2.05) is 0 Å². The van der Waals surface area contributed by atoms with Gasteiger partial charge in [0.1, 0.15) is 5.52 Å². The number of aromatic amines is 1. The third-order valence-corrected chi connectivity index (χ3v) is 5.93. The highest BCUT2D eigenvalue weighted by Gasteiger charge is 2.42. The number of H-pyrrole nitrogens is 1. The zero-order valence-corrected chi connectivity index (χ0v) is 13.6. The fraction of sp³-hybridized carbons (Fsp3) is 0.556. The lowest BCUT2D eigenvalue weighted by molar-refractivity contribution is 0.0916. The fourth-order valence-corrected chi connectivity index (χ4v) is 4.75. The lowest BCUT2D eigenvalue weighted by atomic mass is 9.84. The first kappa shape index (κ1) is 14.5. The normalized spacial score (nSPS) is 27.5. The molecule has 2 N–H and O–H groups in total. The number of aryl methyl sites for hydroxylation is 1. The molecular weight excluding hydrogens is 290 g/mol. The molecule has 2 heterocycles. The summed E-state index contributed by atoms with van der Waals surface area (Å²) in [5, 5.41) is 3.88. The van der Waals surface area contributed by atoms with Gasteiger partial charge in [-0.3, -0.25) is 9.59 Å². The van der Waals surface area contributed by atoms with Gasteiger partial charge >= 0.3 is 0 Å². The predicted molar refractivity (Wildman–Crippen MR) is 89.4 cm³/mol. The molecule has 5 nitrogen and oxygen atoms in total. The highest BCUT2D eigenvalue weighted by molar-refractivity contribution is 6.06. The molecule has 4 unspecified atom stereocenters. The largest absolute Gasteiger partial charge is 0.357 e. The summed E-state index contributed by atoms with van der Waals surface area (Å²) in [4.78, 5) is 27.8. The number of rotatable bonds is 3. The third-order valence-electron chi connectivity index (χ3n) is 5.93. The van der Waals surface area contributed by atoms with Gasteiger partial charge in [0.25, 0.3) is 11.5 Å². The van der Waals surface area contributed by atoms with Crippen LogP contribution < -0.4 is 10.9 Å². The van der Waals surface area contributed by atoms with Crippen molar-refractivity contribution in [3.63, 3.8) is 0 Å². The smallest absolute Gasteiger partial charge is 0.274 e. The second-order valence-electron chi connectivity index (χ2n) is 7.33. The lowest BCUT2D eigenvalue weighted by Gasteiger charge is -2.28. The van der Waals surface area contributed by atoms with E-state index in [0.717, 1.165) is 11.8 Å². The van der Waals surface area contributed by atoms with E-state index < -0.39 is 0 Å². The van der Waals surface area contributed by atoms with E-state index in [2.05, 4.69) is 17.2 Å². The Morgan fingerprint density at radius 1 is 1.39 bits per heavy atom. The summed E-state index contributed by atoms with van der Waals surface area (Å²) < 4.78 is 1.47. The number of fused-ring (bicyclic) bond motifs is 3. The topological polar surface area (TPSA) is 66.9 Å². The first-order valence-electron chi connectivity index (χ1n) is 8.52. The molecule has 2 bridgehead atoms. The van der Waals surface area contributed by atoms with E-state index in [4.69, 9.17) is 0 Å². The zero-order chi connectivity index (χ0) is 16.1. The second-order valence-corrected chi connectivity index (χ2v) is 7.33. The van der Waals surface area contributed by atoms with Crippen LogP contribution >= 0.6 is 0 Å². The maximum absolute atomic E-state index is 12.8. The molecular formula is C18H23N3O2. The number of nitrogens with zero attached hydrogens (tertiary/aromatic N) is 1. The Bertz CT molecular complexity index is 819.